The van der Waals surface area contributed by atoms with Crippen molar-refractivity contribution >= 4 is 11.6 Å². The number of rotatable bonds is 1. The Hall–Kier alpha value is -1.12. The maximum Gasteiger partial charge on any atom is 0.200 e. The Morgan fingerprint density at radius 3 is 2.61 bits per heavy atom. The summed E-state index contributed by atoms with van der Waals surface area (Å²) in [6, 6.07) is 0. The van der Waals surface area contributed by atoms with Gasteiger partial charge < -0.3 is 4.74 Å². The van der Waals surface area contributed by atoms with Gasteiger partial charge in [-0.25, -0.2) is 0 Å². The zero-order chi connectivity index (χ0) is 16.4. The minimum atomic E-state index is -0.0728. The highest BCUT2D eigenvalue weighted by molar-refractivity contribution is 5.97. The molecule has 0 saturated heterocycles. The number of ketones is 2. The fourth-order valence-electron chi connectivity index (χ4n) is 6.72. The van der Waals surface area contributed by atoms with Crippen molar-refractivity contribution < 1.29 is 14.3 Å². The number of hydrogen-bond donors (Lipinski definition) is 0. The molecule has 0 unspecified atom stereocenters. The summed E-state index contributed by atoms with van der Waals surface area (Å²) in [5.41, 5.74) is -0.00837. The van der Waals surface area contributed by atoms with Gasteiger partial charge in [0.2, 0.25) is 5.78 Å². The van der Waals surface area contributed by atoms with E-state index in [0.717, 1.165) is 44.9 Å². The number of carbonyl (C=O) groups excluding carboxylic acids is 2. The SMILES string of the molecule is COC1=CC[C@@]2(C)[C@H](CC[C@@H]3[C@@H]2CC[C@]2(C)C(=O)CC[C@@H]32)C1=O. The standard InChI is InChI=1S/C20H28O3/c1-19-11-9-16(23-3)18(22)15(19)5-4-12-13-6-7-17(21)20(13,2)10-8-14(12)19/h9,12-15H,4-8,10-11H2,1-3H3/t12-,13-,14-,15+,19+,20-/m0/s1. The van der Waals surface area contributed by atoms with Gasteiger partial charge in [0, 0.05) is 17.8 Å². The lowest BCUT2D eigenvalue weighted by atomic mass is 9.46. The normalized spacial score (nSPS) is 49.1. The molecule has 3 heteroatoms. The molecular formula is C20H28O3. The van der Waals surface area contributed by atoms with Crippen LogP contribution >= 0.6 is 0 Å². The lowest BCUT2D eigenvalue weighted by Gasteiger charge is -2.58. The van der Waals surface area contributed by atoms with Crippen LogP contribution < -0.4 is 0 Å². The maximum atomic E-state index is 12.8. The van der Waals surface area contributed by atoms with Crippen molar-refractivity contribution in [3.63, 3.8) is 0 Å². The maximum absolute atomic E-state index is 12.8. The summed E-state index contributed by atoms with van der Waals surface area (Å²) >= 11 is 0. The van der Waals surface area contributed by atoms with Crippen LogP contribution in [0, 0.1) is 34.5 Å². The summed E-state index contributed by atoms with van der Waals surface area (Å²) in [7, 11) is 1.61. The molecule has 4 rings (SSSR count). The van der Waals surface area contributed by atoms with E-state index in [1.165, 1.54) is 0 Å². The summed E-state index contributed by atoms with van der Waals surface area (Å²) in [5, 5.41) is 0. The molecule has 4 aliphatic rings. The molecule has 0 N–H and O–H groups in total. The molecule has 0 aliphatic heterocycles. The van der Waals surface area contributed by atoms with Gasteiger partial charge in [-0.2, -0.15) is 0 Å². The molecule has 0 bridgehead atoms. The summed E-state index contributed by atoms with van der Waals surface area (Å²) in [5.74, 6) is 3.17. The van der Waals surface area contributed by atoms with Gasteiger partial charge >= 0.3 is 0 Å². The van der Waals surface area contributed by atoms with Crippen LogP contribution in [-0.4, -0.2) is 18.7 Å². The third-order valence-electron chi connectivity index (χ3n) is 8.08. The van der Waals surface area contributed by atoms with E-state index in [1.54, 1.807) is 7.11 Å². The Labute approximate surface area is 138 Å². The highest BCUT2D eigenvalue weighted by Crippen LogP contribution is 2.64. The summed E-state index contributed by atoms with van der Waals surface area (Å²) in [4.78, 5) is 25.2. The highest BCUT2D eigenvalue weighted by Gasteiger charge is 2.61. The highest BCUT2D eigenvalue weighted by atomic mass is 16.5. The zero-order valence-electron chi connectivity index (χ0n) is 14.6. The predicted octanol–water partition coefficient (Wildman–Crippen LogP) is 3.92. The van der Waals surface area contributed by atoms with Crippen LogP contribution in [-0.2, 0) is 14.3 Å². The predicted molar refractivity (Wildman–Crippen MR) is 87.6 cm³/mol. The number of methoxy groups -OCH3 is 1. The van der Waals surface area contributed by atoms with Gasteiger partial charge in [-0.15, -0.1) is 0 Å². The quantitative estimate of drug-likeness (QED) is 0.736. The molecule has 4 aliphatic carbocycles. The number of allylic oxidation sites excluding steroid dienone is 2. The molecule has 0 aromatic carbocycles. The first-order valence-electron chi connectivity index (χ1n) is 9.23. The number of Topliss-reactive ketones (excluding diaryl/α,β-unsaturated/α-hetero) is 2. The molecule has 0 amide bonds. The van der Waals surface area contributed by atoms with E-state index in [4.69, 9.17) is 4.74 Å². The Kier molecular flexibility index (Phi) is 3.31. The van der Waals surface area contributed by atoms with E-state index in [1.807, 2.05) is 6.08 Å². The largest absolute Gasteiger partial charge is 0.493 e. The molecule has 0 aromatic rings. The molecule has 126 valence electrons. The second-order valence-corrected chi connectivity index (χ2v) is 8.77. The van der Waals surface area contributed by atoms with Gasteiger partial charge in [-0.3, -0.25) is 9.59 Å². The van der Waals surface area contributed by atoms with Crippen molar-refractivity contribution in [1.29, 1.82) is 0 Å². The molecule has 0 spiro atoms. The van der Waals surface area contributed by atoms with Gasteiger partial charge in [-0.05, 0) is 67.8 Å². The Bertz CT molecular complexity index is 592. The average Bonchev–Trinajstić information content (AvgIpc) is 2.83. The minimum absolute atomic E-state index is 0.0645. The van der Waals surface area contributed by atoms with Gasteiger partial charge in [0.05, 0.1) is 7.11 Å². The van der Waals surface area contributed by atoms with Gasteiger partial charge in [-0.1, -0.05) is 13.8 Å². The van der Waals surface area contributed by atoms with Crippen molar-refractivity contribution in [3.05, 3.63) is 11.8 Å². The van der Waals surface area contributed by atoms with Crippen LogP contribution in [0.15, 0.2) is 11.8 Å². The Morgan fingerprint density at radius 2 is 1.87 bits per heavy atom. The van der Waals surface area contributed by atoms with Crippen LogP contribution in [0.2, 0.25) is 0 Å². The first-order valence-corrected chi connectivity index (χ1v) is 9.23. The van der Waals surface area contributed by atoms with Crippen LogP contribution in [0.4, 0.5) is 0 Å². The van der Waals surface area contributed by atoms with E-state index in [9.17, 15) is 9.59 Å². The van der Waals surface area contributed by atoms with Gasteiger partial charge in [0.1, 0.15) is 5.78 Å². The Morgan fingerprint density at radius 1 is 1.09 bits per heavy atom. The molecular weight excluding hydrogens is 288 g/mol. The van der Waals surface area contributed by atoms with E-state index < -0.39 is 0 Å². The van der Waals surface area contributed by atoms with Crippen LogP contribution in [0.1, 0.15) is 58.8 Å². The third-order valence-corrected chi connectivity index (χ3v) is 8.08. The number of fused-ring (bicyclic) bond motifs is 5. The monoisotopic (exact) mass is 316 g/mol. The number of carbonyl (C=O) groups is 2. The Balaban J connectivity index is 1.68. The third kappa shape index (κ3) is 1.88. The smallest absolute Gasteiger partial charge is 0.200 e. The van der Waals surface area contributed by atoms with Crippen LogP contribution in [0.25, 0.3) is 0 Å². The lowest BCUT2D eigenvalue weighted by Crippen LogP contribution is -2.54. The molecule has 0 heterocycles. The second kappa shape index (κ2) is 4.94. The number of ether oxygens (including phenoxy) is 1. The number of hydrogen-bond acceptors (Lipinski definition) is 3. The summed E-state index contributed by atoms with van der Waals surface area (Å²) < 4.78 is 5.30. The van der Waals surface area contributed by atoms with E-state index in [-0.39, 0.29) is 22.5 Å². The van der Waals surface area contributed by atoms with E-state index >= 15 is 0 Å². The molecule has 0 radical (unpaired) electrons. The minimum Gasteiger partial charge on any atom is -0.493 e. The molecule has 0 aromatic heterocycles. The molecule has 6 atom stereocenters. The fourth-order valence-corrected chi connectivity index (χ4v) is 6.72. The average molecular weight is 316 g/mol. The van der Waals surface area contributed by atoms with Crippen LogP contribution in [0.3, 0.4) is 0 Å². The van der Waals surface area contributed by atoms with Gasteiger partial charge in [0.15, 0.2) is 5.76 Å². The van der Waals surface area contributed by atoms with E-state index in [0.29, 0.717) is 29.3 Å². The summed E-state index contributed by atoms with van der Waals surface area (Å²) in [6.45, 7) is 4.54. The van der Waals surface area contributed by atoms with Crippen LogP contribution in [0.5, 0.6) is 0 Å². The lowest BCUT2D eigenvalue weighted by molar-refractivity contribution is -0.146. The second-order valence-electron chi connectivity index (χ2n) is 8.77. The first-order chi connectivity index (χ1) is 10.9. The topological polar surface area (TPSA) is 43.4 Å². The van der Waals surface area contributed by atoms with Crippen molar-refractivity contribution in [2.45, 2.75) is 58.8 Å². The van der Waals surface area contributed by atoms with Crippen molar-refractivity contribution in [2.24, 2.45) is 34.5 Å². The zero-order valence-corrected chi connectivity index (χ0v) is 14.6. The molecule has 3 nitrogen and oxygen atoms in total. The van der Waals surface area contributed by atoms with Gasteiger partial charge in [0.25, 0.3) is 0 Å². The summed E-state index contributed by atoms with van der Waals surface area (Å²) in [6.07, 6.45) is 9.04. The first kappa shape index (κ1) is 15.4. The van der Waals surface area contributed by atoms with E-state index in [2.05, 4.69) is 13.8 Å². The molecule has 3 saturated carbocycles. The molecule has 3 fully saturated rings. The van der Waals surface area contributed by atoms with Crippen molar-refractivity contribution in [1.82, 2.24) is 0 Å². The molecule has 23 heavy (non-hydrogen) atoms. The van der Waals surface area contributed by atoms with Crippen molar-refractivity contribution in [2.75, 3.05) is 7.11 Å². The van der Waals surface area contributed by atoms with Crippen molar-refractivity contribution in [3.8, 4) is 0 Å². The fraction of sp³-hybridized carbons (Fsp3) is 0.800.